The molecule has 21 heavy (non-hydrogen) atoms. The molecule has 0 aliphatic carbocycles. The standard InChI is InChI=1S/C15H12N2O2S2/c1-2-19-14(18)13-16-17-15(21-13)20-12-8-7-10-5-3-4-6-11(10)9-12/h3-9H,2H2,1H3. The number of nitrogens with zero attached hydrogens (tertiary/aromatic N) is 2. The van der Waals surface area contributed by atoms with E-state index in [4.69, 9.17) is 4.74 Å². The Labute approximate surface area is 130 Å². The number of hydrogen-bond donors (Lipinski definition) is 0. The van der Waals surface area contributed by atoms with Crippen molar-refractivity contribution in [1.82, 2.24) is 10.2 Å². The molecule has 1 heterocycles. The second-order valence-electron chi connectivity index (χ2n) is 4.20. The van der Waals surface area contributed by atoms with Gasteiger partial charge in [0.1, 0.15) is 0 Å². The monoisotopic (exact) mass is 316 g/mol. The Morgan fingerprint density at radius 3 is 2.81 bits per heavy atom. The average molecular weight is 316 g/mol. The van der Waals surface area contributed by atoms with E-state index < -0.39 is 5.97 Å². The Bertz CT molecular complexity index is 786. The summed E-state index contributed by atoms with van der Waals surface area (Å²) in [6.07, 6.45) is 0. The molecule has 0 saturated heterocycles. The van der Waals surface area contributed by atoms with Crippen LogP contribution in [-0.2, 0) is 4.74 Å². The predicted octanol–water partition coefficient (Wildman–Crippen LogP) is 4.02. The molecule has 1 aromatic heterocycles. The van der Waals surface area contributed by atoms with E-state index in [-0.39, 0.29) is 0 Å². The van der Waals surface area contributed by atoms with Crippen LogP contribution >= 0.6 is 23.1 Å². The van der Waals surface area contributed by atoms with Crippen molar-refractivity contribution >= 4 is 39.8 Å². The average Bonchev–Trinajstić information content (AvgIpc) is 2.96. The number of esters is 1. The van der Waals surface area contributed by atoms with Gasteiger partial charge in [0.15, 0.2) is 4.34 Å². The van der Waals surface area contributed by atoms with Gasteiger partial charge < -0.3 is 4.74 Å². The van der Waals surface area contributed by atoms with Crippen LogP contribution in [0.2, 0.25) is 0 Å². The molecule has 4 nitrogen and oxygen atoms in total. The molecule has 0 N–H and O–H groups in total. The Kier molecular flexibility index (Phi) is 4.17. The van der Waals surface area contributed by atoms with Gasteiger partial charge in [-0.15, -0.1) is 10.2 Å². The third-order valence-electron chi connectivity index (χ3n) is 2.78. The molecule has 3 rings (SSSR count). The SMILES string of the molecule is CCOC(=O)c1nnc(Sc2ccc3ccccc3c2)s1. The number of rotatable bonds is 4. The third-order valence-corrected chi connectivity index (χ3v) is 4.73. The number of fused-ring (bicyclic) bond motifs is 1. The summed E-state index contributed by atoms with van der Waals surface area (Å²) in [5, 5.41) is 10.6. The van der Waals surface area contributed by atoms with Crippen LogP contribution in [0.25, 0.3) is 10.8 Å². The number of carbonyl (C=O) groups excluding carboxylic acids is 1. The molecular formula is C15H12N2O2S2. The fraction of sp³-hybridized carbons (Fsp3) is 0.133. The van der Waals surface area contributed by atoms with Crippen molar-refractivity contribution in [3.63, 3.8) is 0 Å². The molecular weight excluding hydrogens is 304 g/mol. The van der Waals surface area contributed by atoms with Gasteiger partial charge in [-0.3, -0.25) is 0 Å². The number of hydrogen-bond acceptors (Lipinski definition) is 6. The van der Waals surface area contributed by atoms with Crippen molar-refractivity contribution in [2.75, 3.05) is 6.61 Å². The minimum atomic E-state index is -0.416. The van der Waals surface area contributed by atoms with Gasteiger partial charge in [0.2, 0.25) is 5.01 Å². The van der Waals surface area contributed by atoms with Crippen molar-refractivity contribution in [1.29, 1.82) is 0 Å². The molecule has 3 aromatic rings. The van der Waals surface area contributed by atoms with Gasteiger partial charge in [0, 0.05) is 4.90 Å². The van der Waals surface area contributed by atoms with Gasteiger partial charge in [-0.25, -0.2) is 4.79 Å². The molecule has 0 radical (unpaired) electrons. The Balaban J connectivity index is 1.80. The highest BCUT2D eigenvalue weighted by Gasteiger charge is 2.14. The van der Waals surface area contributed by atoms with Crippen molar-refractivity contribution in [3.8, 4) is 0 Å². The quantitative estimate of drug-likeness (QED) is 0.680. The maximum absolute atomic E-state index is 11.6. The predicted molar refractivity (Wildman–Crippen MR) is 83.9 cm³/mol. The zero-order valence-corrected chi connectivity index (χ0v) is 12.9. The van der Waals surface area contributed by atoms with Crippen LogP contribution in [0, 0.1) is 0 Å². The molecule has 6 heteroatoms. The zero-order chi connectivity index (χ0) is 14.7. The molecule has 0 aliphatic rings. The van der Waals surface area contributed by atoms with Gasteiger partial charge in [-0.1, -0.05) is 53.4 Å². The molecule has 0 amide bonds. The largest absolute Gasteiger partial charge is 0.461 e. The molecule has 0 aliphatic heterocycles. The summed E-state index contributed by atoms with van der Waals surface area (Å²) in [6, 6.07) is 14.4. The molecule has 0 spiro atoms. The van der Waals surface area contributed by atoms with Gasteiger partial charge in [-0.2, -0.15) is 0 Å². The van der Waals surface area contributed by atoms with Crippen LogP contribution in [0.3, 0.4) is 0 Å². The first-order chi connectivity index (χ1) is 10.3. The lowest BCUT2D eigenvalue weighted by atomic mass is 10.1. The summed E-state index contributed by atoms with van der Waals surface area (Å²) >= 11 is 2.74. The summed E-state index contributed by atoms with van der Waals surface area (Å²) < 4.78 is 5.64. The maximum Gasteiger partial charge on any atom is 0.369 e. The van der Waals surface area contributed by atoms with Gasteiger partial charge in [0.25, 0.3) is 0 Å². The van der Waals surface area contributed by atoms with E-state index in [0.29, 0.717) is 11.6 Å². The van der Waals surface area contributed by atoms with E-state index in [0.717, 1.165) is 9.24 Å². The highest BCUT2D eigenvalue weighted by atomic mass is 32.2. The highest BCUT2D eigenvalue weighted by molar-refractivity contribution is 8.01. The lowest BCUT2D eigenvalue weighted by Gasteiger charge is -2.00. The summed E-state index contributed by atoms with van der Waals surface area (Å²) in [5.74, 6) is -0.416. The van der Waals surface area contributed by atoms with E-state index in [2.05, 4.69) is 34.5 Å². The van der Waals surface area contributed by atoms with Crippen LogP contribution < -0.4 is 0 Å². The van der Waals surface area contributed by atoms with Crippen molar-refractivity contribution in [2.24, 2.45) is 0 Å². The van der Waals surface area contributed by atoms with Gasteiger partial charge in [0.05, 0.1) is 6.61 Å². The van der Waals surface area contributed by atoms with E-state index >= 15 is 0 Å². The smallest absolute Gasteiger partial charge is 0.369 e. The van der Waals surface area contributed by atoms with E-state index in [1.54, 1.807) is 6.92 Å². The second kappa shape index (κ2) is 6.24. The van der Waals surface area contributed by atoms with Crippen molar-refractivity contribution in [3.05, 3.63) is 47.5 Å². The third kappa shape index (κ3) is 3.22. The first-order valence-corrected chi connectivity index (χ1v) is 8.07. The van der Waals surface area contributed by atoms with Crippen LogP contribution in [0.5, 0.6) is 0 Å². The summed E-state index contributed by atoms with van der Waals surface area (Å²) in [4.78, 5) is 12.6. The first kappa shape index (κ1) is 14.0. The number of ether oxygens (including phenoxy) is 1. The van der Waals surface area contributed by atoms with Crippen molar-refractivity contribution in [2.45, 2.75) is 16.2 Å². The van der Waals surface area contributed by atoms with Crippen LogP contribution in [0.15, 0.2) is 51.7 Å². The second-order valence-corrected chi connectivity index (χ2v) is 6.50. The lowest BCUT2D eigenvalue weighted by Crippen LogP contribution is -2.03. The van der Waals surface area contributed by atoms with Gasteiger partial charge >= 0.3 is 5.97 Å². The van der Waals surface area contributed by atoms with Crippen LogP contribution in [0.1, 0.15) is 16.7 Å². The molecule has 0 unspecified atom stereocenters. The van der Waals surface area contributed by atoms with Crippen LogP contribution in [-0.4, -0.2) is 22.8 Å². The molecule has 0 atom stereocenters. The summed E-state index contributed by atoms with van der Waals surface area (Å²) in [7, 11) is 0. The summed E-state index contributed by atoms with van der Waals surface area (Å²) in [5.41, 5.74) is 0. The molecule has 2 aromatic carbocycles. The minimum absolute atomic E-state index is 0.292. The Hall–Kier alpha value is -1.92. The van der Waals surface area contributed by atoms with Gasteiger partial charge in [-0.05, 0) is 29.8 Å². The fourth-order valence-electron chi connectivity index (χ4n) is 1.86. The van der Waals surface area contributed by atoms with E-state index in [9.17, 15) is 4.79 Å². The lowest BCUT2D eigenvalue weighted by molar-refractivity contribution is 0.0525. The molecule has 0 fully saturated rings. The van der Waals surface area contributed by atoms with Crippen LogP contribution in [0.4, 0.5) is 0 Å². The Morgan fingerprint density at radius 2 is 2.00 bits per heavy atom. The summed E-state index contributed by atoms with van der Waals surface area (Å²) in [6.45, 7) is 2.11. The fourth-order valence-corrected chi connectivity index (χ4v) is 3.63. The van der Waals surface area contributed by atoms with E-state index in [1.165, 1.54) is 33.9 Å². The molecule has 0 saturated carbocycles. The zero-order valence-electron chi connectivity index (χ0n) is 11.3. The molecule has 0 bridgehead atoms. The van der Waals surface area contributed by atoms with E-state index in [1.807, 2.05) is 18.2 Å². The van der Waals surface area contributed by atoms with Crippen molar-refractivity contribution < 1.29 is 9.53 Å². The number of benzene rings is 2. The minimum Gasteiger partial charge on any atom is -0.461 e. The topological polar surface area (TPSA) is 52.1 Å². The first-order valence-electron chi connectivity index (χ1n) is 6.43. The normalized spacial score (nSPS) is 10.7. The highest BCUT2D eigenvalue weighted by Crippen LogP contribution is 2.32. The maximum atomic E-state index is 11.6. The molecule has 106 valence electrons. The number of aromatic nitrogens is 2. The Morgan fingerprint density at radius 1 is 1.19 bits per heavy atom. The number of carbonyl (C=O) groups is 1.